The van der Waals surface area contributed by atoms with Crippen LogP contribution in [-0.2, 0) is 16.1 Å². The molecule has 0 radical (unpaired) electrons. The Morgan fingerprint density at radius 1 is 1.03 bits per heavy atom. The van der Waals surface area contributed by atoms with Gasteiger partial charge in [0.05, 0.1) is 36.2 Å². The standard InChI is InChI=1S/C27H27N3O4/c1-30(14-15-31)17-18-8-11-21(12-9-18)28-25(19-6-4-3-5-7-19)24-22-13-10-20(27(33)34-2)16-23(22)29-26(24)32/h3-13,16,28,31H,14-15,17H2,1-2H3,(H,29,32)/b25-24-. The lowest BCUT2D eigenvalue weighted by Crippen LogP contribution is -2.21. The molecule has 174 valence electrons. The van der Waals surface area contributed by atoms with Crippen LogP contribution in [0.5, 0.6) is 0 Å². The highest BCUT2D eigenvalue weighted by atomic mass is 16.5. The van der Waals surface area contributed by atoms with Crippen LogP contribution in [0.2, 0.25) is 0 Å². The molecule has 4 rings (SSSR count). The molecule has 3 aromatic carbocycles. The summed E-state index contributed by atoms with van der Waals surface area (Å²) < 4.78 is 4.80. The van der Waals surface area contributed by atoms with Crippen molar-refractivity contribution in [2.24, 2.45) is 0 Å². The fourth-order valence-corrected chi connectivity index (χ4v) is 3.95. The van der Waals surface area contributed by atoms with E-state index in [-0.39, 0.29) is 12.5 Å². The maximum atomic E-state index is 13.1. The third-order valence-corrected chi connectivity index (χ3v) is 5.66. The van der Waals surface area contributed by atoms with Gasteiger partial charge < -0.3 is 20.5 Å². The summed E-state index contributed by atoms with van der Waals surface area (Å²) in [6.45, 7) is 1.46. The Hall–Kier alpha value is -3.94. The number of carbonyl (C=O) groups is 2. The highest BCUT2D eigenvalue weighted by molar-refractivity contribution is 6.37. The van der Waals surface area contributed by atoms with E-state index in [9.17, 15) is 9.59 Å². The summed E-state index contributed by atoms with van der Waals surface area (Å²) >= 11 is 0. The second-order valence-corrected chi connectivity index (χ2v) is 8.11. The summed E-state index contributed by atoms with van der Waals surface area (Å²) in [5, 5.41) is 15.4. The van der Waals surface area contributed by atoms with Crippen LogP contribution in [0.4, 0.5) is 11.4 Å². The van der Waals surface area contributed by atoms with Crippen molar-refractivity contribution in [3.8, 4) is 0 Å². The largest absolute Gasteiger partial charge is 0.465 e. The van der Waals surface area contributed by atoms with Crippen molar-refractivity contribution in [3.63, 3.8) is 0 Å². The summed E-state index contributed by atoms with van der Waals surface area (Å²) in [5.41, 5.74) is 5.66. The monoisotopic (exact) mass is 457 g/mol. The molecular formula is C27H27N3O4. The Balaban J connectivity index is 1.71. The van der Waals surface area contributed by atoms with Gasteiger partial charge in [0, 0.05) is 24.3 Å². The number of carbonyl (C=O) groups excluding carboxylic acids is 2. The molecule has 7 nitrogen and oxygen atoms in total. The molecule has 1 amide bonds. The van der Waals surface area contributed by atoms with E-state index < -0.39 is 5.97 Å². The van der Waals surface area contributed by atoms with Gasteiger partial charge in [0.25, 0.3) is 5.91 Å². The Kier molecular flexibility index (Phi) is 7.06. The number of ether oxygens (including phenoxy) is 1. The molecule has 0 spiro atoms. The molecule has 0 saturated carbocycles. The van der Waals surface area contributed by atoms with Crippen LogP contribution in [0, 0.1) is 0 Å². The van der Waals surface area contributed by atoms with Crippen LogP contribution in [0.3, 0.4) is 0 Å². The van der Waals surface area contributed by atoms with Crippen LogP contribution in [0.1, 0.15) is 27.0 Å². The van der Waals surface area contributed by atoms with Crippen molar-refractivity contribution in [2.45, 2.75) is 6.54 Å². The van der Waals surface area contributed by atoms with Crippen LogP contribution in [0.25, 0.3) is 11.3 Å². The predicted octanol–water partition coefficient (Wildman–Crippen LogP) is 3.83. The van der Waals surface area contributed by atoms with Crippen molar-refractivity contribution in [1.82, 2.24) is 4.90 Å². The lowest BCUT2D eigenvalue weighted by atomic mass is 9.99. The first kappa shape index (κ1) is 23.2. The van der Waals surface area contributed by atoms with E-state index in [2.05, 4.69) is 10.6 Å². The molecule has 1 aliphatic rings. The number of amides is 1. The predicted molar refractivity (Wildman–Crippen MR) is 133 cm³/mol. The van der Waals surface area contributed by atoms with Crippen molar-refractivity contribution in [2.75, 3.05) is 37.9 Å². The molecule has 0 bridgehead atoms. The Bertz CT molecular complexity index is 1220. The molecule has 34 heavy (non-hydrogen) atoms. The molecule has 0 aromatic heterocycles. The quantitative estimate of drug-likeness (QED) is 0.352. The summed E-state index contributed by atoms with van der Waals surface area (Å²) in [5.74, 6) is -0.703. The van der Waals surface area contributed by atoms with E-state index in [1.54, 1.807) is 18.2 Å². The molecule has 0 unspecified atom stereocenters. The molecule has 0 aliphatic carbocycles. The minimum atomic E-state index is -0.458. The van der Waals surface area contributed by atoms with E-state index in [4.69, 9.17) is 9.84 Å². The van der Waals surface area contributed by atoms with E-state index in [1.165, 1.54) is 7.11 Å². The number of likely N-dealkylation sites (N-methyl/N-ethyl adjacent to an activating group) is 1. The molecule has 0 saturated heterocycles. The molecule has 7 heteroatoms. The first-order valence-electron chi connectivity index (χ1n) is 11.0. The second-order valence-electron chi connectivity index (χ2n) is 8.11. The van der Waals surface area contributed by atoms with E-state index >= 15 is 0 Å². The van der Waals surface area contributed by atoms with Gasteiger partial charge in [-0.15, -0.1) is 0 Å². The van der Waals surface area contributed by atoms with Gasteiger partial charge in [-0.05, 0) is 42.4 Å². The van der Waals surface area contributed by atoms with E-state index in [0.717, 1.165) is 23.4 Å². The van der Waals surface area contributed by atoms with Crippen LogP contribution < -0.4 is 10.6 Å². The molecule has 0 fully saturated rings. The average Bonchev–Trinajstić information content (AvgIpc) is 3.18. The average molecular weight is 458 g/mol. The number of anilines is 2. The van der Waals surface area contributed by atoms with Gasteiger partial charge in [-0.1, -0.05) is 48.5 Å². The molecule has 0 atom stereocenters. The number of methoxy groups -OCH3 is 1. The number of esters is 1. The number of benzene rings is 3. The summed E-state index contributed by atoms with van der Waals surface area (Å²) in [6, 6.07) is 22.7. The molecule has 3 N–H and O–H groups in total. The van der Waals surface area contributed by atoms with Crippen LogP contribution in [0.15, 0.2) is 72.8 Å². The van der Waals surface area contributed by atoms with E-state index in [0.29, 0.717) is 34.6 Å². The van der Waals surface area contributed by atoms with Crippen molar-refractivity contribution < 1.29 is 19.4 Å². The Morgan fingerprint density at radius 3 is 2.44 bits per heavy atom. The highest BCUT2D eigenvalue weighted by Gasteiger charge is 2.29. The second kappa shape index (κ2) is 10.3. The van der Waals surface area contributed by atoms with Gasteiger partial charge in [0.1, 0.15) is 0 Å². The number of rotatable bonds is 8. The molecule has 1 heterocycles. The van der Waals surface area contributed by atoms with E-state index in [1.807, 2.05) is 66.5 Å². The SMILES string of the molecule is COC(=O)c1ccc2c(c1)NC(=O)/C2=C(\Nc1ccc(CN(C)CCO)cc1)c1ccccc1. The lowest BCUT2D eigenvalue weighted by Gasteiger charge is -2.17. The lowest BCUT2D eigenvalue weighted by molar-refractivity contribution is -0.110. The van der Waals surface area contributed by atoms with Gasteiger partial charge in [-0.3, -0.25) is 9.69 Å². The maximum absolute atomic E-state index is 13.1. The number of hydrogen-bond acceptors (Lipinski definition) is 6. The number of fused-ring (bicyclic) bond motifs is 1. The van der Waals surface area contributed by atoms with Gasteiger partial charge in [0.2, 0.25) is 0 Å². The fourth-order valence-electron chi connectivity index (χ4n) is 3.95. The molecular weight excluding hydrogens is 430 g/mol. The smallest absolute Gasteiger partial charge is 0.337 e. The van der Waals surface area contributed by atoms with Gasteiger partial charge in [-0.25, -0.2) is 4.79 Å². The van der Waals surface area contributed by atoms with Crippen LogP contribution >= 0.6 is 0 Å². The first-order valence-corrected chi connectivity index (χ1v) is 11.0. The maximum Gasteiger partial charge on any atom is 0.337 e. The van der Waals surface area contributed by atoms with Gasteiger partial charge >= 0.3 is 5.97 Å². The molecule has 1 aliphatic heterocycles. The zero-order valence-corrected chi connectivity index (χ0v) is 19.2. The summed E-state index contributed by atoms with van der Waals surface area (Å²) in [7, 11) is 3.29. The number of aliphatic hydroxyl groups excluding tert-OH is 1. The minimum Gasteiger partial charge on any atom is -0.465 e. The normalized spacial score (nSPS) is 13.9. The Labute approximate surface area is 198 Å². The van der Waals surface area contributed by atoms with Crippen LogP contribution in [-0.4, -0.2) is 49.2 Å². The molecule has 3 aromatic rings. The van der Waals surface area contributed by atoms with Crippen molar-refractivity contribution in [1.29, 1.82) is 0 Å². The third kappa shape index (κ3) is 5.01. The summed E-state index contributed by atoms with van der Waals surface area (Å²) in [6.07, 6.45) is 0. The number of aliphatic hydroxyl groups is 1. The van der Waals surface area contributed by atoms with Gasteiger partial charge in [0.15, 0.2) is 0 Å². The van der Waals surface area contributed by atoms with Crippen molar-refractivity contribution in [3.05, 3.63) is 95.1 Å². The first-order chi connectivity index (χ1) is 16.5. The topological polar surface area (TPSA) is 90.9 Å². The fraction of sp³-hybridized carbons (Fsp3) is 0.185. The highest BCUT2D eigenvalue weighted by Crippen LogP contribution is 2.38. The zero-order valence-electron chi connectivity index (χ0n) is 19.2. The number of nitrogens with one attached hydrogen (secondary N) is 2. The third-order valence-electron chi connectivity index (χ3n) is 5.66. The minimum absolute atomic E-state index is 0.120. The summed E-state index contributed by atoms with van der Waals surface area (Å²) in [4.78, 5) is 27.0. The number of hydrogen-bond donors (Lipinski definition) is 3. The zero-order chi connectivity index (χ0) is 24.1. The van der Waals surface area contributed by atoms with Crippen molar-refractivity contribution >= 4 is 34.5 Å². The Morgan fingerprint density at radius 2 is 1.76 bits per heavy atom. The number of nitrogens with zero attached hydrogens (tertiary/aromatic N) is 1. The van der Waals surface area contributed by atoms with Gasteiger partial charge in [-0.2, -0.15) is 0 Å².